The monoisotopic (exact) mass is 309 g/mol. The van der Waals surface area contributed by atoms with E-state index in [1.807, 2.05) is 0 Å². The minimum atomic E-state index is -0.0555. The van der Waals surface area contributed by atoms with Crippen molar-refractivity contribution in [1.29, 1.82) is 0 Å². The summed E-state index contributed by atoms with van der Waals surface area (Å²) >= 11 is 3.59. The van der Waals surface area contributed by atoms with Gasteiger partial charge in [0.15, 0.2) is 0 Å². The number of hydrogen-bond donors (Lipinski definition) is 1. The highest BCUT2D eigenvalue weighted by Crippen LogP contribution is 2.37. The number of nitrogens with two attached hydrogens (primary N) is 1. The van der Waals surface area contributed by atoms with Crippen LogP contribution in [0, 0.1) is 6.92 Å². The molecule has 0 radical (unpaired) electrons. The van der Waals surface area contributed by atoms with E-state index in [0.29, 0.717) is 0 Å². The minimum Gasteiger partial charge on any atom is -0.320 e. The van der Waals surface area contributed by atoms with E-state index < -0.39 is 0 Å². The summed E-state index contributed by atoms with van der Waals surface area (Å²) in [5.41, 5.74) is 9.08. The topological polar surface area (TPSA) is 26.0 Å². The molecule has 0 saturated carbocycles. The van der Waals surface area contributed by atoms with Gasteiger partial charge in [0.05, 0.1) is 6.04 Å². The Morgan fingerprint density at radius 1 is 0.952 bits per heavy atom. The van der Waals surface area contributed by atoms with Gasteiger partial charge in [-0.3, -0.25) is 0 Å². The SMILES string of the molecule is Cc1ccc(C(N)c2cc3sccc3s2)c2ccccc12. The van der Waals surface area contributed by atoms with Crippen molar-refractivity contribution in [3.05, 3.63) is 69.9 Å². The normalized spacial score (nSPS) is 13.0. The van der Waals surface area contributed by atoms with Crippen LogP contribution < -0.4 is 5.73 Å². The van der Waals surface area contributed by atoms with E-state index in [1.165, 1.54) is 36.2 Å². The second-order valence-electron chi connectivity index (χ2n) is 5.29. The van der Waals surface area contributed by atoms with Crippen LogP contribution in [0.25, 0.3) is 20.2 Å². The van der Waals surface area contributed by atoms with Gasteiger partial charge in [0, 0.05) is 14.3 Å². The molecule has 0 aliphatic heterocycles. The van der Waals surface area contributed by atoms with E-state index >= 15 is 0 Å². The van der Waals surface area contributed by atoms with Gasteiger partial charge in [-0.2, -0.15) is 0 Å². The lowest BCUT2D eigenvalue weighted by Crippen LogP contribution is -2.10. The Labute approximate surface area is 131 Å². The van der Waals surface area contributed by atoms with E-state index in [1.54, 1.807) is 22.7 Å². The minimum absolute atomic E-state index is 0.0555. The Morgan fingerprint density at radius 2 is 1.76 bits per heavy atom. The summed E-state index contributed by atoms with van der Waals surface area (Å²) < 4.78 is 2.67. The predicted molar refractivity (Wildman–Crippen MR) is 94.4 cm³/mol. The maximum Gasteiger partial charge on any atom is 0.0652 e. The largest absolute Gasteiger partial charge is 0.320 e. The number of fused-ring (bicyclic) bond motifs is 2. The molecule has 2 heterocycles. The van der Waals surface area contributed by atoms with Crippen LogP contribution in [0.4, 0.5) is 0 Å². The van der Waals surface area contributed by atoms with Gasteiger partial charge < -0.3 is 5.73 Å². The Bertz CT molecular complexity index is 904. The third kappa shape index (κ3) is 2.09. The average Bonchev–Trinajstić information content (AvgIpc) is 3.08. The fourth-order valence-electron chi connectivity index (χ4n) is 2.84. The number of aryl methyl sites for hydroxylation is 1. The molecule has 2 aromatic heterocycles. The molecule has 2 N–H and O–H groups in total. The van der Waals surface area contributed by atoms with Crippen molar-refractivity contribution in [2.24, 2.45) is 5.73 Å². The lowest BCUT2D eigenvalue weighted by molar-refractivity contribution is 0.904. The third-order valence-electron chi connectivity index (χ3n) is 3.98. The van der Waals surface area contributed by atoms with E-state index in [0.717, 1.165) is 0 Å². The van der Waals surface area contributed by atoms with Crippen molar-refractivity contribution in [1.82, 2.24) is 0 Å². The highest BCUT2D eigenvalue weighted by molar-refractivity contribution is 7.27. The molecular formula is C18H15NS2. The van der Waals surface area contributed by atoms with Gasteiger partial charge >= 0.3 is 0 Å². The fourth-order valence-corrected chi connectivity index (χ4v) is 4.98. The number of benzene rings is 2. The Kier molecular flexibility index (Phi) is 3.07. The Morgan fingerprint density at radius 3 is 2.57 bits per heavy atom. The molecule has 1 nitrogen and oxygen atoms in total. The van der Waals surface area contributed by atoms with Gasteiger partial charge in [0.25, 0.3) is 0 Å². The molecule has 1 unspecified atom stereocenters. The first kappa shape index (κ1) is 13.0. The van der Waals surface area contributed by atoms with Crippen LogP contribution in [0.1, 0.15) is 22.0 Å². The summed E-state index contributed by atoms with van der Waals surface area (Å²) in [5, 5.41) is 4.70. The van der Waals surface area contributed by atoms with Crippen molar-refractivity contribution >= 4 is 42.8 Å². The Hall–Kier alpha value is -1.68. The zero-order valence-electron chi connectivity index (χ0n) is 11.7. The van der Waals surface area contributed by atoms with Crippen LogP contribution in [-0.4, -0.2) is 0 Å². The molecule has 0 aliphatic rings. The van der Waals surface area contributed by atoms with Crippen LogP contribution in [0.5, 0.6) is 0 Å². The first-order chi connectivity index (χ1) is 10.2. The van der Waals surface area contributed by atoms with E-state index in [4.69, 9.17) is 5.73 Å². The second kappa shape index (κ2) is 4.95. The summed E-state index contributed by atoms with van der Waals surface area (Å²) in [7, 11) is 0. The molecule has 0 fully saturated rings. The average molecular weight is 309 g/mol. The van der Waals surface area contributed by atoms with Gasteiger partial charge in [-0.1, -0.05) is 36.4 Å². The third-order valence-corrected chi connectivity index (χ3v) is 6.15. The first-order valence-corrected chi connectivity index (χ1v) is 8.64. The predicted octanol–water partition coefficient (Wildman–Crippen LogP) is 5.47. The van der Waals surface area contributed by atoms with Crippen LogP contribution in [-0.2, 0) is 0 Å². The van der Waals surface area contributed by atoms with Gasteiger partial charge in [0.1, 0.15) is 0 Å². The van der Waals surface area contributed by atoms with Gasteiger partial charge in [-0.05, 0) is 46.3 Å². The van der Waals surface area contributed by atoms with Gasteiger partial charge in [0.2, 0.25) is 0 Å². The van der Waals surface area contributed by atoms with Crippen LogP contribution >= 0.6 is 22.7 Å². The van der Waals surface area contributed by atoms with E-state index in [2.05, 4.69) is 60.8 Å². The molecule has 2 aromatic carbocycles. The summed E-state index contributed by atoms with van der Waals surface area (Å²) in [6, 6.07) is 17.2. The Balaban J connectivity index is 1.89. The smallest absolute Gasteiger partial charge is 0.0652 e. The second-order valence-corrected chi connectivity index (χ2v) is 7.36. The van der Waals surface area contributed by atoms with Crippen molar-refractivity contribution in [2.75, 3.05) is 0 Å². The van der Waals surface area contributed by atoms with Crippen molar-refractivity contribution in [3.8, 4) is 0 Å². The molecule has 104 valence electrons. The standard InChI is InChI=1S/C18H15NS2/c1-11-6-7-14(13-5-3-2-4-12(11)13)18(19)17-10-16-15(21-17)8-9-20-16/h2-10,18H,19H2,1H3. The molecule has 0 saturated heterocycles. The molecule has 0 aliphatic carbocycles. The molecule has 3 heteroatoms. The van der Waals surface area contributed by atoms with E-state index in [9.17, 15) is 0 Å². The zero-order chi connectivity index (χ0) is 14.4. The zero-order valence-corrected chi connectivity index (χ0v) is 13.3. The number of hydrogen-bond acceptors (Lipinski definition) is 3. The van der Waals surface area contributed by atoms with Gasteiger partial charge in [-0.15, -0.1) is 22.7 Å². The van der Waals surface area contributed by atoms with Crippen molar-refractivity contribution in [2.45, 2.75) is 13.0 Å². The summed E-state index contributed by atoms with van der Waals surface area (Å²) in [5.74, 6) is 0. The summed E-state index contributed by atoms with van der Waals surface area (Å²) in [6.45, 7) is 2.15. The highest BCUT2D eigenvalue weighted by Gasteiger charge is 2.16. The lowest BCUT2D eigenvalue weighted by atomic mass is 9.95. The maximum absolute atomic E-state index is 6.57. The number of rotatable bonds is 2. The van der Waals surface area contributed by atoms with Crippen LogP contribution in [0.3, 0.4) is 0 Å². The molecule has 0 amide bonds. The lowest BCUT2D eigenvalue weighted by Gasteiger charge is -2.14. The molecule has 0 spiro atoms. The molecule has 4 aromatic rings. The molecular weight excluding hydrogens is 294 g/mol. The van der Waals surface area contributed by atoms with Crippen LogP contribution in [0.15, 0.2) is 53.9 Å². The quantitative estimate of drug-likeness (QED) is 0.522. The van der Waals surface area contributed by atoms with Crippen molar-refractivity contribution in [3.63, 3.8) is 0 Å². The maximum atomic E-state index is 6.57. The molecule has 0 bridgehead atoms. The van der Waals surface area contributed by atoms with Crippen molar-refractivity contribution < 1.29 is 0 Å². The summed E-state index contributed by atoms with van der Waals surface area (Å²) in [4.78, 5) is 1.24. The highest BCUT2D eigenvalue weighted by atomic mass is 32.1. The van der Waals surface area contributed by atoms with E-state index in [-0.39, 0.29) is 6.04 Å². The first-order valence-electron chi connectivity index (χ1n) is 6.95. The van der Waals surface area contributed by atoms with Crippen LogP contribution in [0.2, 0.25) is 0 Å². The molecule has 21 heavy (non-hydrogen) atoms. The molecule has 1 atom stereocenters. The summed E-state index contributed by atoms with van der Waals surface area (Å²) in [6.07, 6.45) is 0. The number of thiophene rings is 2. The molecule has 4 rings (SSSR count). The van der Waals surface area contributed by atoms with Gasteiger partial charge in [-0.25, -0.2) is 0 Å². The fraction of sp³-hybridized carbons (Fsp3) is 0.111.